The second-order valence-corrected chi connectivity index (χ2v) is 5.02. The molecule has 0 saturated carbocycles. The molecule has 0 saturated heterocycles. The zero-order valence-corrected chi connectivity index (χ0v) is 13.8. The molecule has 3 nitrogen and oxygen atoms in total. The molecule has 0 radical (unpaired) electrons. The van der Waals surface area contributed by atoms with Crippen molar-refractivity contribution in [3.05, 3.63) is 57.6 Å². The molecule has 0 bridgehead atoms. The molecule has 2 aromatic carbocycles. The van der Waals surface area contributed by atoms with Gasteiger partial charge in [0, 0.05) is 21.2 Å². The molecule has 0 fully saturated rings. The van der Waals surface area contributed by atoms with Crippen LogP contribution in [0.1, 0.15) is 17.2 Å². The summed E-state index contributed by atoms with van der Waals surface area (Å²) < 4.78 is 5.78. The summed E-state index contributed by atoms with van der Waals surface area (Å²) in [5.74, 6) is 1.21. The maximum Gasteiger partial charge on any atom is 0.134 e. The van der Waals surface area contributed by atoms with E-state index in [4.69, 9.17) is 27.9 Å². The molecule has 1 heterocycles. The van der Waals surface area contributed by atoms with E-state index in [2.05, 4.69) is 5.32 Å². The first-order chi connectivity index (χ1) is 9.19. The van der Waals surface area contributed by atoms with Gasteiger partial charge in [-0.1, -0.05) is 35.3 Å². The Morgan fingerprint density at radius 2 is 1.50 bits per heavy atom. The molecule has 1 aliphatic rings. The van der Waals surface area contributed by atoms with Gasteiger partial charge < -0.3 is 14.8 Å². The average Bonchev–Trinajstić information content (AvgIpc) is 2.37. The summed E-state index contributed by atoms with van der Waals surface area (Å²) in [6.45, 7) is 0. The van der Waals surface area contributed by atoms with Gasteiger partial charge in [-0.2, -0.15) is 6.41 Å². The smallest absolute Gasteiger partial charge is 0.134 e. The Kier molecular flexibility index (Phi) is 3.51. The van der Waals surface area contributed by atoms with E-state index in [1.54, 1.807) is 30.7 Å². The molecule has 1 aliphatic heterocycles. The van der Waals surface area contributed by atoms with Crippen molar-refractivity contribution in [1.29, 1.82) is 0 Å². The molecule has 0 spiro atoms. The zero-order chi connectivity index (χ0) is 13.4. The van der Waals surface area contributed by atoms with E-state index in [1.807, 2.05) is 12.1 Å². The largest absolute Gasteiger partial charge is 0.520 e. The van der Waals surface area contributed by atoms with Crippen LogP contribution in [-0.2, 0) is 4.79 Å². The third-order valence-corrected chi connectivity index (χ3v) is 3.47. The third kappa shape index (κ3) is 2.13. The van der Waals surface area contributed by atoms with E-state index in [1.165, 1.54) is 0 Å². The van der Waals surface area contributed by atoms with Gasteiger partial charge in [-0.15, -0.1) is 0 Å². The molecule has 0 aromatic heterocycles. The fraction of sp³-hybridized carbons (Fsp3) is 0.0714. The van der Waals surface area contributed by atoms with E-state index in [9.17, 15) is 4.79 Å². The summed E-state index contributed by atoms with van der Waals surface area (Å²) in [5, 5.41) is 3.80. The SMILES string of the molecule is O=[C-]NC1c2ccc(Cl)cc2Oc2cc(Cl)ccc21.[Fm]. The standard InChI is InChI=1S/C14H8Cl2NO2.Fm/c15-8-1-3-10-12(5-8)19-13-6-9(16)2-4-11(13)14(10)17-7-18;/h1-6,14H,(H,17,18);/q-1;. The van der Waals surface area contributed by atoms with Gasteiger partial charge in [0.25, 0.3) is 0 Å². The second-order valence-electron chi connectivity index (χ2n) is 4.15. The summed E-state index contributed by atoms with van der Waals surface area (Å²) in [5.41, 5.74) is 1.67. The maximum absolute atomic E-state index is 10.7. The zero-order valence-electron chi connectivity index (χ0n) is 9.90. The number of fused-ring (bicyclic) bond motifs is 2. The summed E-state index contributed by atoms with van der Waals surface area (Å²) in [6, 6.07) is 10.3. The van der Waals surface area contributed by atoms with Crippen LogP contribution in [0, 0.1) is 0 Å². The Bertz CT molecular complexity index is 612. The van der Waals surface area contributed by atoms with Crippen molar-refractivity contribution in [2.45, 2.75) is 6.04 Å². The fourth-order valence-corrected chi connectivity index (χ4v) is 2.49. The van der Waals surface area contributed by atoms with E-state index < -0.39 is 0 Å². The minimum atomic E-state index is -0.314. The van der Waals surface area contributed by atoms with E-state index in [0.29, 0.717) is 21.5 Å². The first kappa shape index (κ1) is 13.7. The molecule has 0 aliphatic carbocycles. The topological polar surface area (TPSA) is 38.3 Å². The van der Waals surface area contributed by atoms with Crippen LogP contribution < -0.4 is 10.1 Å². The van der Waals surface area contributed by atoms with Gasteiger partial charge in [0.15, 0.2) is 0 Å². The normalized spacial score (nSPS) is 12.5. The quantitative estimate of drug-likeness (QED) is 0.456. The number of hydrogen-bond donors (Lipinski definition) is 1. The summed E-state index contributed by atoms with van der Waals surface area (Å²) in [6.07, 6.45) is 1.73. The second kappa shape index (κ2) is 5.11. The van der Waals surface area contributed by atoms with E-state index >= 15 is 0 Å². The minimum absolute atomic E-state index is 0. The molecular formula is C14H8Cl2FmNO2-. The van der Waals surface area contributed by atoms with Crippen LogP contribution in [0.2, 0.25) is 10.0 Å². The van der Waals surface area contributed by atoms with Crippen LogP contribution in [0.5, 0.6) is 11.5 Å². The van der Waals surface area contributed by atoms with Crippen LogP contribution in [0.4, 0.5) is 0 Å². The van der Waals surface area contributed by atoms with Gasteiger partial charge in [0.2, 0.25) is 0 Å². The Morgan fingerprint density at radius 3 is 1.95 bits per heavy atom. The maximum atomic E-state index is 10.7. The Morgan fingerprint density at radius 1 is 1.00 bits per heavy atom. The Balaban J connectivity index is 0.00000147. The third-order valence-electron chi connectivity index (χ3n) is 3.00. The van der Waals surface area contributed by atoms with E-state index in [-0.39, 0.29) is 6.04 Å². The van der Waals surface area contributed by atoms with Gasteiger partial charge in [-0.05, 0) is 24.3 Å². The van der Waals surface area contributed by atoms with Crippen molar-refractivity contribution in [3.63, 3.8) is 0 Å². The van der Waals surface area contributed by atoms with Crippen LogP contribution in [-0.4, -0.2) is 6.41 Å². The van der Waals surface area contributed by atoms with Gasteiger partial charge in [-0.25, -0.2) is 0 Å². The van der Waals surface area contributed by atoms with Crippen molar-refractivity contribution in [1.82, 2.24) is 5.32 Å². The summed E-state index contributed by atoms with van der Waals surface area (Å²) >= 11 is 11.9. The first-order valence-corrected chi connectivity index (χ1v) is 6.34. The average molecular weight is 550 g/mol. The number of rotatable bonds is 2. The predicted octanol–water partition coefficient (Wildman–Crippen LogP) is 3.85. The Hall–Kier alpha value is -2.71. The fourth-order valence-electron chi connectivity index (χ4n) is 2.17. The van der Waals surface area contributed by atoms with E-state index in [0.717, 1.165) is 11.1 Å². The number of amides is 1. The predicted molar refractivity (Wildman–Crippen MR) is 73.7 cm³/mol. The molecule has 6 heteroatoms. The molecule has 0 unspecified atom stereocenters. The number of ether oxygens (including phenoxy) is 1. The van der Waals surface area contributed by atoms with Crippen molar-refractivity contribution < 1.29 is 9.53 Å². The molecule has 2 aromatic rings. The van der Waals surface area contributed by atoms with Crippen LogP contribution in [0.25, 0.3) is 0 Å². The number of hydrogen-bond acceptors (Lipinski definition) is 2. The molecule has 0 atom stereocenters. The Labute approximate surface area is 120 Å². The number of carbonyl (C=O) groups excluding carboxylic acids is 1. The van der Waals surface area contributed by atoms with Crippen molar-refractivity contribution in [3.8, 4) is 11.5 Å². The number of nitrogens with one attached hydrogen (secondary N) is 1. The number of halogens is 2. The molecular weight excluding hydrogens is 542 g/mol. The van der Waals surface area contributed by atoms with Crippen molar-refractivity contribution in [2.75, 3.05) is 0 Å². The molecule has 3 rings (SSSR count). The minimum Gasteiger partial charge on any atom is -0.520 e. The molecule has 1 N–H and O–H groups in total. The van der Waals surface area contributed by atoms with Gasteiger partial charge in [0.05, 0.1) is 6.04 Å². The van der Waals surface area contributed by atoms with Gasteiger partial charge in [0.1, 0.15) is 11.5 Å². The van der Waals surface area contributed by atoms with Crippen LogP contribution >= 0.6 is 23.2 Å². The summed E-state index contributed by atoms with van der Waals surface area (Å²) in [7, 11) is 0. The van der Waals surface area contributed by atoms with Gasteiger partial charge >= 0.3 is 0 Å². The van der Waals surface area contributed by atoms with Crippen LogP contribution in [0.3, 0.4) is 0 Å². The first-order valence-electron chi connectivity index (χ1n) is 5.58. The van der Waals surface area contributed by atoms with Crippen molar-refractivity contribution in [2.24, 2.45) is 0 Å². The van der Waals surface area contributed by atoms with Gasteiger partial charge in [-0.3, -0.25) is 0 Å². The van der Waals surface area contributed by atoms with Crippen molar-refractivity contribution >= 4 is 29.6 Å². The molecule has 1 amide bonds. The molecule has 108 valence electrons. The summed E-state index contributed by atoms with van der Waals surface area (Å²) in [4.78, 5) is 10.7. The number of benzene rings is 2. The molecule has 20 heavy (non-hydrogen) atoms. The van der Waals surface area contributed by atoms with Crippen LogP contribution in [0.15, 0.2) is 36.4 Å². The monoisotopic (exact) mass is 549 g/mol.